The van der Waals surface area contributed by atoms with Crippen LogP contribution in [0.2, 0.25) is 0 Å². The highest BCUT2D eigenvalue weighted by molar-refractivity contribution is 6.00. The fraction of sp³-hybridized carbons (Fsp3) is 0.400. The Kier molecular flexibility index (Phi) is 7.45. The molecule has 6 heteroatoms. The molecule has 3 rings (SSSR count). The molecule has 2 atom stereocenters. The number of anilines is 2. The molecule has 0 unspecified atom stereocenters. The van der Waals surface area contributed by atoms with Crippen molar-refractivity contribution in [3.63, 3.8) is 0 Å². The van der Waals surface area contributed by atoms with Crippen LogP contribution >= 0.6 is 0 Å². The number of carbonyl (C=O) groups excluding carboxylic acids is 3. The highest BCUT2D eigenvalue weighted by Crippen LogP contribution is 2.26. The smallest absolute Gasteiger partial charge is 0.311 e. The number of carbonyl (C=O) groups is 3. The lowest BCUT2D eigenvalue weighted by molar-refractivity contribution is -0.151. The van der Waals surface area contributed by atoms with Crippen LogP contribution in [0.5, 0.6) is 0 Å². The van der Waals surface area contributed by atoms with E-state index in [0.717, 1.165) is 18.5 Å². The number of hydrogen-bond acceptors (Lipinski definition) is 4. The Hall–Kier alpha value is -3.15. The summed E-state index contributed by atoms with van der Waals surface area (Å²) in [7, 11) is 0. The Bertz CT molecular complexity index is 922. The molecule has 6 nitrogen and oxygen atoms in total. The van der Waals surface area contributed by atoms with Crippen molar-refractivity contribution < 1.29 is 19.1 Å². The van der Waals surface area contributed by atoms with E-state index in [-0.39, 0.29) is 25.5 Å². The van der Waals surface area contributed by atoms with Gasteiger partial charge in [-0.05, 0) is 54.2 Å². The molecule has 2 amide bonds. The van der Waals surface area contributed by atoms with Crippen molar-refractivity contribution in [1.82, 2.24) is 0 Å². The minimum Gasteiger partial charge on any atom is -0.455 e. The van der Waals surface area contributed by atoms with E-state index in [1.807, 2.05) is 48.5 Å². The summed E-state index contributed by atoms with van der Waals surface area (Å²) in [5.41, 5.74) is 3.83. The van der Waals surface area contributed by atoms with E-state index in [1.165, 1.54) is 11.1 Å². The SMILES string of the molecule is CCc1ccc(N2C[C@@H](C(=O)OCC(=O)Nc3ccc([C@@H](C)CC)cc3)CC2=O)cc1. The molecule has 2 aromatic rings. The van der Waals surface area contributed by atoms with Gasteiger partial charge in [-0.25, -0.2) is 0 Å². The molecule has 0 aromatic heterocycles. The third-order valence-electron chi connectivity index (χ3n) is 5.84. The summed E-state index contributed by atoms with van der Waals surface area (Å²) in [5.74, 6) is -1.15. The lowest BCUT2D eigenvalue weighted by atomic mass is 9.99. The third-order valence-corrected chi connectivity index (χ3v) is 5.84. The van der Waals surface area contributed by atoms with Gasteiger partial charge < -0.3 is 15.0 Å². The van der Waals surface area contributed by atoms with E-state index in [4.69, 9.17) is 4.74 Å². The summed E-state index contributed by atoms with van der Waals surface area (Å²) in [6.45, 7) is 6.25. The van der Waals surface area contributed by atoms with Gasteiger partial charge in [-0.1, -0.05) is 45.0 Å². The minimum atomic E-state index is -0.569. The Labute approximate surface area is 183 Å². The van der Waals surface area contributed by atoms with Crippen LogP contribution < -0.4 is 10.2 Å². The molecule has 0 bridgehead atoms. The predicted octanol–water partition coefficient (Wildman–Crippen LogP) is 4.30. The first kappa shape index (κ1) is 22.5. The maximum Gasteiger partial charge on any atom is 0.311 e. The third kappa shape index (κ3) is 5.72. The van der Waals surface area contributed by atoms with E-state index < -0.39 is 17.8 Å². The van der Waals surface area contributed by atoms with Gasteiger partial charge in [0.05, 0.1) is 5.92 Å². The number of hydrogen-bond donors (Lipinski definition) is 1. The Balaban J connectivity index is 1.49. The Morgan fingerprint density at radius 1 is 1.10 bits per heavy atom. The molecule has 0 saturated carbocycles. The second kappa shape index (κ2) is 10.2. The van der Waals surface area contributed by atoms with Crippen molar-refractivity contribution in [3.8, 4) is 0 Å². The maximum absolute atomic E-state index is 12.4. The van der Waals surface area contributed by atoms with E-state index in [1.54, 1.807) is 4.90 Å². The Morgan fingerprint density at radius 3 is 2.39 bits per heavy atom. The number of nitrogens with one attached hydrogen (secondary N) is 1. The average Bonchev–Trinajstić information content (AvgIpc) is 3.19. The van der Waals surface area contributed by atoms with Crippen molar-refractivity contribution in [2.45, 2.75) is 46.0 Å². The van der Waals surface area contributed by atoms with Crippen LogP contribution in [0.4, 0.5) is 11.4 Å². The molecule has 1 heterocycles. The van der Waals surface area contributed by atoms with Gasteiger partial charge in [0.15, 0.2) is 6.61 Å². The van der Waals surface area contributed by atoms with Crippen LogP contribution in [0.15, 0.2) is 48.5 Å². The fourth-order valence-corrected chi connectivity index (χ4v) is 3.61. The monoisotopic (exact) mass is 422 g/mol. The zero-order valence-electron chi connectivity index (χ0n) is 18.4. The van der Waals surface area contributed by atoms with Crippen LogP contribution in [0.3, 0.4) is 0 Å². The van der Waals surface area contributed by atoms with Crippen molar-refractivity contribution in [1.29, 1.82) is 0 Å². The summed E-state index contributed by atoms with van der Waals surface area (Å²) in [6.07, 6.45) is 2.06. The molecule has 2 aromatic carbocycles. The normalized spacial score (nSPS) is 16.8. The van der Waals surface area contributed by atoms with Crippen LogP contribution in [0, 0.1) is 5.92 Å². The molecule has 1 fully saturated rings. The molecular formula is C25H30N2O4. The molecule has 1 N–H and O–H groups in total. The quantitative estimate of drug-likeness (QED) is 0.644. The van der Waals surface area contributed by atoms with Gasteiger partial charge in [-0.15, -0.1) is 0 Å². The van der Waals surface area contributed by atoms with Gasteiger partial charge in [-0.3, -0.25) is 14.4 Å². The van der Waals surface area contributed by atoms with Gasteiger partial charge in [0.25, 0.3) is 5.91 Å². The van der Waals surface area contributed by atoms with Gasteiger partial charge >= 0.3 is 5.97 Å². The largest absolute Gasteiger partial charge is 0.455 e. The summed E-state index contributed by atoms with van der Waals surface area (Å²) in [4.78, 5) is 38.5. The summed E-state index contributed by atoms with van der Waals surface area (Å²) >= 11 is 0. The first-order valence-electron chi connectivity index (χ1n) is 10.9. The second-order valence-electron chi connectivity index (χ2n) is 8.01. The minimum absolute atomic E-state index is 0.0903. The lowest BCUT2D eigenvalue weighted by Gasteiger charge is -2.17. The van der Waals surface area contributed by atoms with Gasteiger partial charge in [0, 0.05) is 24.3 Å². The maximum atomic E-state index is 12.4. The van der Waals surface area contributed by atoms with Crippen molar-refractivity contribution >= 4 is 29.2 Å². The first-order chi connectivity index (χ1) is 14.9. The van der Waals surface area contributed by atoms with E-state index >= 15 is 0 Å². The number of rotatable bonds is 8. The second-order valence-corrected chi connectivity index (χ2v) is 8.01. The van der Waals surface area contributed by atoms with Crippen molar-refractivity contribution in [3.05, 3.63) is 59.7 Å². The van der Waals surface area contributed by atoms with E-state index in [0.29, 0.717) is 11.6 Å². The standard InChI is InChI=1S/C25H30N2O4/c1-4-17(3)19-8-10-21(11-9-19)26-23(28)16-31-25(30)20-14-24(29)27(15-20)22-12-6-18(5-2)7-13-22/h6-13,17,20H,4-5,14-16H2,1-3H3,(H,26,28)/t17-,20-/m0/s1. The fourth-order valence-electron chi connectivity index (χ4n) is 3.61. The molecule has 0 aliphatic carbocycles. The van der Waals surface area contributed by atoms with Crippen molar-refractivity contribution in [2.75, 3.05) is 23.4 Å². The highest BCUT2D eigenvalue weighted by atomic mass is 16.5. The molecule has 31 heavy (non-hydrogen) atoms. The molecule has 1 saturated heterocycles. The van der Waals surface area contributed by atoms with Gasteiger partial charge in [0.2, 0.25) is 5.91 Å². The lowest BCUT2D eigenvalue weighted by Crippen LogP contribution is -2.28. The number of nitrogens with zero attached hydrogens (tertiary/aromatic N) is 1. The summed E-state index contributed by atoms with van der Waals surface area (Å²) in [5, 5.41) is 2.73. The number of benzene rings is 2. The zero-order chi connectivity index (χ0) is 22.4. The molecular weight excluding hydrogens is 392 g/mol. The summed E-state index contributed by atoms with van der Waals surface area (Å²) in [6, 6.07) is 15.4. The topological polar surface area (TPSA) is 75.7 Å². The van der Waals surface area contributed by atoms with Crippen LogP contribution in [-0.2, 0) is 25.5 Å². The van der Waals surface area contributed by atoms with Crippen molar-refractivity contribution in [2.24, 2.45) is 5.92 Å². The van der Waals surface area contributed by atoms with Gasteiger partial charge in [-0.2, -0.15) is 0 Å². The van der Waals surface area contributed by atoms with Crippen LogP contribution in [0.25, 0.3) is 0 Å². The zero-order valence-corrected chi connectivity index (χ0v) is 18.4. The average molecular weight is 423 g/mol. The van der Waals surface area contributed by atoms with Crippen LogP contribution in [0.1, 0.15) is 50.7 Å². The van der Waals surface area contributed by atoms with E-state index in [2.05, 4.69) is 26.1 Å². The molecule has 1 aliphatic heterocycles. The molecule has 0 spiro atoms. The Morgan fingerprint density at radius 2 is 1.77 bits per heavy atom. The van der Waals surface area contributed by atoms with Gasteiger partial charge in [0.1, 0.15) is 0 Å². The number of amides is 2. The van der Waals surface area contributed by atoms with Crippen LogP contribution in [-0.4, -0.2) is 30.9 Å². The molecule has 1 aliphatic rings. The first-order valence-corrected chi connectivity index (χ1v) is 10.9. The molecule has 0 radical (unpaired) electrons. The molecule has 164 valence electrons. The summed E-state index contributed by atoms with van der Waals surface area (Å²) < 4.78 is 5.18. The predicted molar refractivity (Wildman–Crippen MR) is 121 cm³/mol. The van der Waals surface area contributed by atoms with E-state index in [9.17, 15) is 14.4 Å². The number of ether oxygens (including phenoxy) is 1. The number of esters is 1. The highest BCUT2D eigenvalue weighted by Gasteiger charge is 2.36. The number of aryl methyl sites for hydroxylation is 1.